The zero-order valence-corrected chi connectivity index (χ0v) is 15.7. The lowest BCUT2D eigenvalue weighted by atomic mass is 10.1. The molecular formula is C17H20ClN3O5. The Bertz CT molecular complexity index is 778. The molecule has 9 heteroatoms. The Morgan fingerprint density at radius 1 is 1.35 bits per heavy atom. The minimum absolute atomic E-state index is 0.103. The summed E-state index contributed by atoms with van der Waals surface area (Å²) in [5.41, 5.74) is 1.28. The van der Waals surface area contributed by atoms with E-state index in [9.17, 15) is 14.4 Å². The Kier molecular flexibility index (Phi) is 6.20. The van der Waals surface area contributed by atoms with Crippen molar-refractivity contribution >= 4 is 40.8 Å². The first-order chi connectivity index (χ1) is 12.2. The van der Waals surface area contributed by atoms with E-state index in [4.69, 9.17) is 21.1 Å². The summed E-state index contributed by atoms with van der Waals surface area (Å²) in [6.45, 7) is 3.24. The fourth-order valence-electron chi connectivity index (χ4n) is 2.26. The van der Waals surface area contributed by atoms with Gasteiger partial charge in [0, 0.05) is 31.0 Å². The number of methoxy groups -OCH3 is 1. The Labute approximate surface area is 156 Å². The van der Waals surface area contributed by atoms with Crippen molar-refractivity contribution in [2.45, 2.75) is 32.8 Å². The number of esters is 1. The molecule has 8 nitrogen and oxygen atoms in total. The van der Waals surface area contributed by atoms with Crippen molar-refractivity contribution in [3.63, 3.8) is 0 Å². The number of anilines is 1. The summed E-state index contributed by atoms with van der Waals surface area (Å²) in [6.07, 6.45) is -0.707. The van der Waals surface area contributed by atoms with E-state index in [1.165, 1.54) is 21.1 Å². The first kappa shape index (κ1) is 19.7. The predicted octanol–water partition coefficient (Wildman–Crippen LogP) is 2.14. The van der Waals surface area contributed by atoms with Crippen molar-refractivity contribution in [3.05, 3.63) is 22.7 Å². The number of carbonyl (C=O) groups excluding carboxylic acids is 3. The van der Waals surface area contributed by atoms with Gasteiger partial charge in [-0.25, -0.2) is 9.80 Å². The van der Waals surface area contributed by atoms with Crippen LogP contribution >= 0.6 is 11.6 Å². The number of hydrogen-bond acceptors (Lipinski definition) is 6. The Hall–Kier alpha value is -2.61. The van der Waals surface area contributed by atoms with Gasteiger partial charge < -0.3 is 14.8 Å². The fourth-order valence-corrected chi connectivity index (χ4v) is 2.42. The van der Waals surface area contributed by atoms with Gasteiger partial charge >= 0.3 is 5.97 Å². The first-order valence-corrected chi connectivity index (χ1v) is 8.30. The number of carbonyl (C=O) groups is 3. The van der Waals surface area contributed by atoms with Gasteiger partial charge in [-0.2, -0.15) is 5.10 Å². The van der Waals surface area contributed by atoms with Crippen molar-refractivity contribution < 1.29 is 23.9 Å². The highest BCUT2D eigenvalue weighted by Crippen LogP contribution is 2.31. The average molecular weight is 382 g/mol. The van der Waals surface area contributed by atoms with Crippen LogP contribution in [-0.4, -0.2) is 48.8 Å². The van der Waals surface area contributed by atoms with Crippen LogP contribution in [0.2, 0.25) is 5.02 Å². The maximum atomic E-state index is 12.3. The number of nitrogens with zero attached hydrogens (tertiary/aromatic N) is 2. The van der Waals surface area contributed by atoms with Gasteiger partial charge in [0.05, 0.1) is 12.8 Å². The van der Waals surface area contributed by atoms with Crippen LogP contribution in [-0.2, 0) is 19.1 Å². The third kappa shape index (κ3) is 4.51. The highest BCUT2D eigenvalue weighted by atomic mass is 35.5. The van der Waals surface area contributed by atoms with Crippen LogP contribution in [0.15, 0.2) is 17.2 Å². The predicted molar refractivity (Wildman–Crippen MR) is 96.4 cm³/mol. The number of ether oxygens (including phenoxy) is 2. The SMILES string of the molecule is COc1cc(Cl)c(C)cc1NC(=O)C(C)OC(=O)C1=NN(C)C(=O)CC1. The minimum Gasteiger partial charge on any atom is -0.495 e. The highest BCUT2D eigenvalue weighted by molar-refractivity contribution is 6.37. The van der Waals surface area contributed by atoms with E-state index in [0.29, 0.717) is 16.5 Å². The minimum atomic E-state index is -1.06. The molecule has 1 unspecified atom stereocenters. The van der Waals surface area contributed by atoms with Gasteiger partial charge in [-0.15, -0.1) is 0 Å². The molecule has 0 aromatic heterocycles. The van der Waals surface area contributed by atoms with Crippen LogP contribution in [0.3, 0.4) is 0 Å². The van der Waals surface area contributed by atoms with Crippen molar-refractivity contribution in [1.82, 2.24) is 5.01 Å². The molecule has 0 bridgehead atoms. The van der Waals surface area contributed by atoms with Gasteiger partial charge in [0.15, 0.2) is 6.10 Å². The molecule has 0 saturated carbocycles. The second kappa shape index (κ2) is 8.18. The Morgan fingerprint density at radius 2 is 2.04 bits per heavy atom. The quantitative estimate of drug-likeness (QED) is 0.788. The number of benzene rings is 1. The van der Waals surface area contributed by atoms with Crippen LogP contribution in [0.1, 0.15) is 25.3 Å². The number of aryl methyl sites for hydroxylation is 1. The molecule has 0 fully saturated rings. The molecule has 2 amide bonds. The van der Waals surface area contributed by atoms with Crippen LogP contribution in [0.4, 0.5) is 5.69 Å². The average Bonchev–Trinajstić information content (AvgIpc) is 2.59. The highest BCUT2D eigenvalue weighted by Gasteiger charge is 2.26. The molecule has 0 spiro atoms. The maximum absolute atomic E-state index is 12.3. The number of hydrogen-bond donors (Lipinski definition) is 1. The van der Waals surface area contributed by atoms with Crippen LogP contribution < -0.4 is 10.1 Å². The van der Waals surface area contributed by atoms with E-state index in [1.807, 2.05) is 0 Å². The molecule has 0 radical (unpaired) electrons. The molecule has 2 rings (SSSR count). The van der Waals surface area contributed by atoms with E-state index in [-0.39, 0.29) is 24.5 Å². The summed E-state index contributed by atoms with van der Waals surface area (Å²) in [5.74, 6) is -1.05. The maximum Gasteiger partial charge on any atom is 0.355 e. The smallest absolute Gasteiger partial charge is 0.355 e. The molecule has 140 valence electrons. The second-order valence-electron chi connectivity index (χ2n) is 5.80. The van der Waals surface area contributed by atoms with E-state index in [0.717, 1.165) is 10.6 Å². The standard InChI is InChI=1S/C17H20ClN3O5/c1-9-7-13(14(25-4)8-11(9)18)19-16(23)10(2)26-17(24)12-5-6-15(22)21(3)20-12/h7-8,10H,5-6H2,1-4H3,(H,19,23). The molecule has 1 N–H and O–H groups in total. The van der Waals surface area contributed by atoms with Gasteiger partial charge in [0.25, 0.3) is 5.91 Å². The van der Waals surface area contributed by atoms with Gasteiger partial charge in [-0.1, -0.05) is 11.6 Å². The van der Waals surface area contributed by atoms with E-state index < -0.39 is 18.0 Å². The van der Waals surface area contributed by atoms with Gasteiger partial charge in [-0.05, 0) is 25.5 Å². The van der Waals surface area contributed by atoms with Crippen molar-refractivity contribution in [3.8, 4) is 5.75 Å². The van der Waals surface area contributed by atoms with Crippen molar-refractivity contribution in [1.29, 1.82) is 0 Å². The second-order valence-corrected chi connectivity index (χ2v) is 6.21. The van der Waals surface area contributed by atoms with E-state index >= 15 is 0 Å². The molecule has 1 heterocycles. The van der Waals surface area contributed by atoms with Crippen molar-refractivity contribution in [2.75, 3.05) is 19.5 Å². The molecule has 1 aromatic carbocycles. The summed E-state index contributed by atoms with van der Waals surface area (Å²) in [5, 5.41) is 8.11. The Balaban J connectivity index is 2.04. The van der Waals surface area contributed by atoms with Gasteiger partial charge in [-0.3, -0.25) is 9.59 Å². The summed E-state index contributed by atoms with van der Waals surface area (Å²) >= 11 is 6.04. The lowest BCUT2D eigenvalue weighted by molar-refractivity contribution is -0.146. The third-order valence-electron chi connectivity index (χ3n) is 3.83. The molecule has 26 heavy (non-hydrogen) atoms. The van der Waals surface area contributed by atoms with Crippen LogP contribution in [0.25, 0.3) is 0 Å². The molecule has 1 atom stereocenters. The van der Waals surface area contributed by atoms with Gasteiger partial charge in [0.1, 0.15) is 11.5 Å². The molecule has 1 aliphatic rings. The lowest BCUT2D eigenvalue weighted by Gasteiger charge is -2.20. The first-order valence-electron chi connectivity index (χ1n) is 7.93. The monoisotopic (exact) mass is 381 g/mol. The van der Waals surface area contributed by atoms with Gasteiger partial charge in [0.2, 0.25) is 5.91 Å². The van der Waals surface area contributed by atoms with E-state index in [2.05, 4.69) is 10.4 Å². The number of halogens is 1. The normalized spacial score (nSPS) is 15.2. The molecule has 1 aliphatic heterocycles. The number of amides is 2. The lowest BCUT2D eigenvalue weighted by Crippen LogP contribution is -2.36. The number of nitrogens with one attached hydrogen (secondary N) is 1. The zero-order valence-electron chi connectivity index (χ0n) is 15.0. The molecular weight excluding hydrogens is 362 g/mol. The topological polar surface area (TPSA) is 97.3 Å². The third-order valence-corrected chi connectivity index (χ3v) is 4.24. The zero-order chi connectivity index (χ0) is 19.4. The molecule has 0 aliphatic carbocycles. The summed E-state index contributed by atoms with van der Waals surface area (Å²) in [7, 11) is 2.92. The Morgan fingerprint density at radius 3 is 2.65 bits per heavy atom. The molecule has 0 saturated heterocycles. The van der Waals surface area contributed by atoms with E-state index in [1.54, 1.807) is 19.1 Å². The number of rotatable bonds is 5. The van der Waals surface area contributed by atoms with Crippen molar-refractivity contribution in [2.24, 2.45) is 5.10 Å². The summed E-state index contributed by atoms with van der Waals surface area (Å²) < 4.78 is 10.3. The van der Waals surface area contributed by atoms with Crippen LogP contribution in [0.5, 0.6) is 5.75 Å². The summed E-state index contributed by atoms with van der Waals surface area (Å²) in [4.78, 5) is 35.8. The fraction of sp³-hybridized carbons (Fsp3) is 0.412. The molecule has 1 aromatic rings. The summed E-state index contributed by atoms with van der Waals surface area (Å²) in [6, 6.07) is 3.26. The van der Waals surface area contributed by atoms with Crippen LogP contribution in [0, 0.1) is 6.92 Å². The number of hydrazone groups is 1. The largest absolute Gasteiger partial charge is 0.495 e.